The van der Waals surface area contributed by atoms with E-state index in [1.54, 1.807) is 7.11 Å². The lowest BCUT2D eigenvalue weighted by atomic mass is 10.2. The molecule has 0 aromatic heterocycles. The molecule has 0 atom stereocenters. The van der Waals surface area contributed by atoms with Crippen molar-refractivity contribution in [1.29, 1.82) is 0 Å². The number of benzene rings is 2. The van der Waals surface area contributed by atoms with Gasteiger partial charge >= 0.3 is 0 Å². The fourth-order valence-electron chi connectivity index (χ4n) is 1.96. The first-order chi connectivity index (χ1) is 9.49. The van der Waals surface area contributed by atoms with Crippen molar-refractivity contribution >= 4 is 25.0 Å². The van der Waals surface area contributed by atoms with Gasteiger partial charge in [-0.15, -0.1) is 11.8 Å². The zero-order valence-electron chi connectivity index (χ0n) is 12.6. The van der Waals surface area contributed by atoms with Gasteiger partial charge in [0, 0.05) is 10.6 Å². The summed E-state index contributed by atoms with van der Waals surface area (Å²) in [6.07, 6.45) is 0. The maximum Gasteiger partial charge on any atom is 0.119 e. The Bertz CT molecular complexity index is 558. The average Bonchev–Trinajstić information content (AvgIpc) is 2.45. The molecule has 0 saturated carbocycles. The second kappa shape index (κ2) is 6.51. The Morgan fingerprint density at radius 1 is 1.00 bits per heavy atom. The van der Waals surface area contributed by atoms with Gasteiger partial charge in [0.2, 0.25) is 0 Å². The third-order valence-corrected chi connectivity index (χ3v) is 6.40. The van der Waals surface area contributed by atoms with E-state index in [2.05, 4.69) is 56.0 Å². The lowest BCUT2D eigenvalue weighted by Crippen LogP contribution is -2.37. The van der Waals surface area contributed by atoms with Gasteiger partial charge in [-0.25, -0.2) is 0 Å². The first kappa shape index (κ1) is 15.2. The highest BCUT2D eigenvalue weighted by atomic mass is 32.2. The van der Waals surface area contributed by atoms with Crippen LogP contribution in [0.5, 0.6) is 5.75 Å². The van der Waals surface area contributed by atoms with Crippen LogP contribution < -0.4 is 9.92 Å². The number of ether oxygens (including phenoxy) is 1. The van der Waals surface area contributed by atoms with E-state index < -0.39 is 8.07 Å². The average molecular weight is 303 g/mol. The highest BCUT2D eigenvalue weighted by molar-refractivity contribution is 7.98. The van der Waals surface area contributed by atoms with Crippen molar-refractivity contribution in [3.05, 3.63) is 54.1 Å². The van der Waals surface area contributed by atoms with Gasteiger partial charge in [-0.1, -0.05) is 55.2 Å². The molecule has 0 N–H and O–H groups in total. The van der Waals surface area contributed by atoms with Gasteiger partial charge in [-0.3, -0.25) is 0 Å². The molecule has 0 heterocycles. The van der Waals surface area contributed by atoms with Crippen molar-refractivity contribution in [3.8, 4) is 5.75 Å². The van der Waals surface area contributed by atoms with Crippen LogP contribution >= 0.6 is 11.8 Å². The number of methoxy groups -OCH3 is 1. The first-order valence-corrected chi connectivity index (χ1v) is 11.3. The van der Waals surface area contributed by atoms with Gasteiger partial charge in [0.15, 0.2) is 0 Å². The van der Waals surface area contributed by atoms with Gasteiger partial charge in [-0.05, 0) is 23.8 Å². The minimum absolute atomic E-state index is 0.920. The summed E-state index contributed by atoms with van der Waals surface area (Å²) in [5, 5.41) is 1.52. The highest BCUT2D eigenvalue weighted by Crippen LogP contribution is 2.25. The summed E-state index contributed by atoms with van der Waals surface area (Å²) in [6, 6.07) is 17.4. The molecule has 20 heavy (non-hydrogen) atoms. The van der Waals surface area contributed by atoms with Crippen molar-refractivity contribution in [2.45, 2.75) is 30.3 Å². The van der Waals surface area contributed by atoms with Gasteiger partial charge in [-0.2, -0.15) is 0 Å². The topological polar surface area (TPSA) is 9.23 Å². The third kappa shape index (κ3) is 4.15. The largest absolute Gasteiger partial charge is 0.497 e. The molecule has 2 aromatic carbocycles. The fourth-order valence-corrected chi connectivity index (χ4v) is 4.03. The van der Waals surface area contributed by atoms with E-state index in [9.17, 15) is 0 Å². The van der Waals surface area contributed by atoms with Crippen LogP contribution in [0, 0.1) is 0 Å². The van der Waals surface area contributed by atoms with Crippen LogP contribution in [0.3, 0.4) is 0 Å². The van der Waals surface area contributed by atoms with Crippen LogP contribution in [0.15, 0.2) is 53.4 Å². The summed E-state index contributed by atoms with van der Waals surface area (Å²) in [5.74, 6) is 1.92. The molecule has 0 radical (unpaired) electrons. The van der Waals surface area contributed by atoms with Gasteiger partial charge in [0.1, 0.15) is 5.75 Å². The van der Waals surface area contributed by atoms with Crippen molar-refractivity contribution < 1.29 is 4.74 Å². The second-order valence-electron chi connectivity index (χ2n) is 5.91. The molecule has 106 valence electrons. The maximum absolute atomic E-state index is 5.25. The van der Waals surface area contributed by atoms with E-state index in [1.807, 2.05) is 23.9 Å². The summed E-state index contributed by atoms with van der Waals surface area (Å²) in [7, 11) is 0.528. The van der Waals surface area contributed by atoms with E-state index in [-0.39, 0.29) is 0 Å². The van der Waals surface area contributed by atoms with E-state index in [0.29, 0.717) is 0 Å². The Morgan fingerprint density at radius 2 is 1.70 bits per heavy atom. The number of rotatable bonds is 5. The Kier molecular flexibility index (Phi) is 4.94. The minimum atomic E-state index is -1.18. The Morgan fingerprint density at radius 3 is 2.30 bits per heavy atom. The molecule has 0 amide bonds. The molecule has 0 fully saturated rings. The van der Waals surface area contributed by atoms with Crippen molar-refractivity contribution in [2.24, 2.45) is 0 Å². The normalized spacial score (nSPS) is 11.4. The molecule has 0 unspecified atom stereocenters. The van der Waals surface area contributed by atoms with E-state index in [0.717, 1.165) is 11.5 Å². The molecule has 0 aliphatic carbocycles. The molecule has 2 aromatic rings. The summed E-state index contributed by atoms with van der Waals surface area (Å²) in [6.45, 7) is 7.15. The summed E-state index contributed by atoms with van der Waals surface area (Å²) in [5.41, 5.74) is 1.37. The molecule has 2 rings (SSSR count). The zero-order chi connectivity index (χ0) is 14.6. The van der Waals surface area contributed by atoms with E-state index in [4.69, 9.17) is 4.74 Å². The predicted molar refractivity (Wildman–Crippen MR) is 92.0 cm³/mol. The van der Waals surface area contributed by atoms with Crippen LogP contribution in [0.25, 0.3) is 0 Å². The zero-order valence-corrected chi connectivity index (χ0v) is 14.5. The molecular formula is C17H22OSSi. The second-order valence-corrected chi connectivity index (χ2v) is 12.0. The molecule has 0 spiro atoms. The smallest absolute Gasteiger partial charge is 0.119 e. The SMILES string of the molecule is COc1cccc(SCc2ccc([Si](C)(C)C)cc2)c1. The monoisotopic (exact) mass is 302 g/mol. The highest BCUT2D eigenvalue weighted by Gasteiger charge is 2.15. The summed E-state index contributed by atoms with van der Waals surface area (Å²) in [4.78, 5) is 1.25. The summed E-state index contributed by atoms with van der Waals surface area (Å²) >= 11 is 1.85. The van der Waals surface area contributed by atoms with Crippen LogP contribution in [-0.2, 0) is 5.75 Å². The van der Waals surface area contributed by atoms with Gasteiger partial charge in [0.25, 0.3) is 0 Å². The molecule has 0 aliphatic rings. The van der Waals surface area contributed by atoms with Crippen LogP contribution in [0.2, 0.25) is 19.6 Å². The number of hydrogen-bond acceptors (Lipinski definition) is 2. The predicted octanol–water partition coefficient (Wildman–Crippen LogP) is 4.53. The quantitative estimate of drug-likeness (QED) is 0.592. The van der Waals surface area contributed by atoms with Gasteiger partial charge in [0.05, 0.1) is 15.2 Å². The van der Waals surface area contributed by atoms with Crippen LogP contribution in [-0.4, -0.2) is 15.2 Å². The number of hydrogen-bond donors (Lipinski definition) is 0. The van der Waals surface area contributed by atoms with Crippen molar-refractivity contribution in [1.82, 2.24) is 0 Å². The Labute approximate surface area is 127 Å². The van der Waals surface area contributed by atoms with Crippen molar-refractivity contribution in [3.63, 3.8) is 0 Å². The van der Waals surface area contributed by atoms with E-state index in [1.165, 1.54) is 15.6 Å². The minimum Gasteiger partial charge on any atom is -0.497 e. The number of thioether (sulfide) groups is 1. The molecule has 3 heteroatoms. The van der Waals surface area contributed by atoms with Gasteiger partial charge < -0.3 is 4.74 Å². The third-order valence-electron chi connectivity index (χ3n) is 3.27. The standard InChI is InChI=1S/C17H22OSSi/c1-18-15-6-5-7-16(12-15)19-13-14-8-10-17(11-9-14)20(2,3)4/h5-12H,13H2,1-4H3. The lowest BCUT2D eigenvalue weighted by molar-refractivity contribution is 0.413. The molecular weight excluding hydrogens is 280 g/mol. The van der Waals surface area contributed by atoms with E-state index >= 15 is 0 Å². The van der Waals surface area contributed by atoms with Crippen LogP contribution in [0.1, 0.15) is 5.56 Å². The van der Waals surface area contributed by atoms with Crippen LogP contribution in [0.4, 0.5) is 0 Å². The lowest BCUT2D eigenvalue weighted by Gasteiger charge is -2.16. The first-order valence-electron chi connectivity index (χ1n) is 6.85. The maximum atomic E-state index is 5.25. The molecule has 0 bridgehead atoms. The van der Waals surface area contributed by atoms with Crippen molar-refractivity contribution in [2.75, 3.05) is 7.11 Å². The Balaban J connectivity index is 2.00. The Hall–Kier alpha value is -1.19. The summed E-state index contributed by atoms with van der Waals surface area (Å²) < 4.78 is 5.25. The fraction of sp³-hybridized carbons (Fsp3) is 0.294. The molecule has 1 nitrogen and oxygen atoms in total. The molecule has 0 saturated heterocycles. The molecule has 0 aliphatic heterocycles.